The van der Waals surface area contributed by atoms with Gasteiger partial charge in [-0.15, -0.1) is 11.8 Å². The topological polar surface area (TPSA) is 68.3 Å². The number of hydrogen-bond acceptors (Lipinski definition) is 5. The van der Waals surface area contributed by atoms with Crippen molar-refractivity contribution in [2.24, 2.45) is 0 Å². The summed E-state index contributed by atoms with van der Waals surface area (Å²) in [5.41, 5.74) is 1.38. The van der Waals surface area contributed by atoms with Crippen LogP contribution in [0.1, 0.15) is 28.9 Å². The molecule has 3 aromatic rings. The van der Waals surface area contributed by atoms with E-state index in [0.717, 1.165) is 16.3 Å². The van der Waals surface area contributed by atoms with Crippen LogP contribution in [0, 0.1) is 0 Å². The molecule has 1 atom stereocenters. The number of carbonyl (C=O) groups is 2. The van der Waals surface area contributed by atoms with E-state index in [0.29, 0.717) is 10.6 Å². The van der Waals surface area contributed by atoms with Gasteiger partial charge in [0, 0.05) is 6.20 Å². The largest absolute Gasteiger partial charge is 0.452 e. The summed E-state index contributed by atoms with van der Waals surface area (Å²) in [5.74, 6) is -0.904. The van der Waals surface area contributed by atoms with Crippen LogP contribution in [0.5, 0.6) is 0 Å². The number of esters is 1. The first-order valence-corrected chi connectivity index (χ1v) is 9.75. The van der Waals surface area contributed by atoms with Crippen LogP contribution < -0.4 is 5.32 Å². The van der Waals surface area contributed by atoms with Gasteiger partial charge in [0.05, 0.1) is 11.6 Å². The highest BCUT2D eigenvalue weighted by atomic mass is 32.2. The van der Waals surface area contributed by atoms with Crippen molar-refractivity contribution in [3.63, 3.8) is 0 Å². The molecule has 0 aliphatic heterocycles. The highest BCUT2D eigenvalue weighted by Crippen LogP contribution is 2.24. The van der Waals surface area contributed by atoms with Gasteiger partial charge in [0.25, 0.3) is 5.91 Å². The molecule has 1 aromatic heterocycles. The van der Waals surface area contributed by atoms with Crippen LogP contribution in [0.2, 0.25) is 0 Å². The smallest absolute Gasteiger partial charge is 0.341 e. The first kappa shape index (κ1) is 18.9. The van der Waals surface area contributed by atoms with E-state index in [1.807, 2.05) is 55.6 Å². The number of nitrogens with zero attached hydrogens (tertiary/aromatic N) is 1. The summed E-state index contributed by atoms with van der Waals surface area (Å²) in [4.78, 5) is 28.6. The molecule has 0 unspecified atom stereocenters. The van der Waals surface area contributed by atoms with Gasteiger partial charge in [-0.25, -0.2) is 9.78 Å². The van der Waals surface area contributed by atoms with Gasteiger partial charge < -0.3 is 10.1 Å². The van der Waals surface area contributed by atoms with Crippen LogP contribution in [0.25, 0.3) is 10.8 Å². The Morgan fingerprint density at radius 1 is 1.11 bits per heavy atom. The Bertz CT molecular complexity index is 969. The molecule has 0 radical (unpaired) electrons. The number of fused-ring (bicyclic) bond motifs is 1. The number of aromatic nitrogens is 1. The Morgan fingerprint density at radius 3 is 2.70 bits per heavy atom. The number of thioether (sulfide) groups is 1. The number of rotatable bonds is 6. The lowest BCUT2D eigenvalue weighted by atomic mass is 10.00. The number of amides is 1. The minimum absolute atomic E-state index is 0.206. The minimum Gasteiger partial charge on any atom is -0.452 e. The molecule has 0 saturated carbocycles. The zero-order chi connectivity index (χ0) is 19.2. The third kappa shape index (κ3) is 4.46. The second kappa shape index (κ2) is 8.68. The van der Waals surface area contributed by atoms with E-state index in [2.05, 4.69) is 10.3 Å². The van der Waals surface area contributed by atoms with Crippen molar-refractivity contribution in [1.82, 2.24) is 10.3 Å². The zero-order valence-corrected chi connectivity index (χ0v) is 16.0. The third-order valence-corrected chi connectivity index (χ3v) is 4.90. The molecule has 5 nitrogen and oxygen atoms in total. The van der Waals surface area contributed by atoms with E-state index >= 15 is 0 Å². The molecule has 1 N–H and O–H groups in total. The third-order valence-electron chi connectivity index (χ3n) is 4.19. The molecule has 2 aromatic carbocycles. The summed E-state index contributed by atoms with van der Waals surface area (Å²) in [5, 5.41) is 5.66. The van der Waals surface area contributed by atoms with E-state index in [9.17, 15) is 9.59 Å². The van der Waals surface area contributed by atoms with Gasteiger partial charge in [0.1, 0.15) is 5.03 Å². The molecule has 138 valence electrons. The van der Waals surface area contributed by atoms with Crippen molar-refractivity contribution in [2.45, 2.75) is 18.0 Å². The summed E-state index contributed by atoms with van der Waals surface area (Å²) in [6.07, 6.45) is 3.44. The van der Waals surface area contributed by atoms with E-state index in [1.54, 1.807) is 18.3 Å². The van der Waals surface area contributed by atoms with Crippen LogP contribution in [-0.4, -0.2) is 29.7 Å². The van der Waals surface area contributed by atoms with Crippen molar-refractivity contribution in [1.29, 1.82) is 0 Å². The Kier molecular flexibility index (Phi) is 6.08. The van der Waals surface area contributed by atoms with Crippen molar-refractivity contribution in [3.8, 4) is 0 Å². The van der Waals surface area contributed by atoms with Crippen LogP contribution in [-0.2, 0) is 9.53 Å². The van der Waals surface area contributed by atoms with Crippen molar-refractivity contribution < 1.29 is 14.3 Å². The second-order valence-electron chi connectivity index (χ2n) is 5.99. The number of hydrogen-bond donors (Lipinski definition) is 1. The molecule has 0 fully saturated rings. The van der Waals surface area contributed by atoms with Crippen LogP contribution in [0.4, 0.5) is 0 Å². The van der Waals surface area contributed by atoms with Gasteiger partial charge in [-0.05, 0) is 41.6 Å². The molecule has 27 heavy (non-hydrogen) atoms. The van der Waals surface area contributed by atoms with E-state index in [4.69, 9.17) is 4.74 Å². The molecule has 0 bridgehead atoms. The van der Waals surface area contributed by atoms with Crippen LogP contribution in [0.15, 0.2) is 65.8 Å². The van der Waals surface area contributed by atoms with Gasteiger partial charge in [0.2, 0.25) is 0 Å². The summed E-state index contributed by atoms with van der Waals surface area (Å²) < 4.78 is 5.15. The van der Waals surface area contributed by atoms with Gasteiger partial charge in [0.15, 0.2) is 6.61 Å². The number of benzene rings is 2. The fraction of sp³-hybridized carbons (Fsp3) is 0.190. The van der Waals surface area contributed by atoms with Gasteiger partial charge in [-0.2, -0.15) is 0 Å². The average molecular weight is 380 g/mol. The fourth-order valence-electron chi connectivity index (χ4n) is 2.91. The maximum atomic E-state index is 12.2. The van der Waals surface area contributed by atoms with Gasteiger partial charge >= 0.3 is 5.97 Å². The highest BCUT2D eigenvalue weighted by Gasteiger charge is 2.17. The Morgan fingerprint density at radius 2 is 1.89 bits per heavy atom. The lowest BCUT2D eigenvalue weighted by Gasteiger charge is -2.16. The molecule has 0 spiro atoms. The minimum atomic E-state index is -0.555. The summed E-state index contributed by atoms with van der Waals surface area (Å²) >= 11 is 1.35. The monoisotopic (exact) mass is 380 g/mol. The Hall–Kier alpha value is -2.86. The molecule has 1 amide bonds. The molecule has 0 aliphatic carbocycles. The average Bonchev–Trinajstić information content (AvgIpc) is 2.71. The van der Waals surface area contributed by atoms with E-state index in [1.165, 1.54) is 11.8 Å². The van der Waals surface area contributed by atoms with E-state index in [-0.39, 0.29) is 18.6 Å². The SMILES string of the molecule is CSc1ncccc1C(=O)OCC(=O)N[C@H](C)c1cccc2ccccc12. The van der Waals surface area contributed by atoms with Crippen LogP contribution in [0.3, 0.4) is 0 Å². The first-order chi connectivity index (χ1) is 13.1. The predicted molar refractivity (Wildman–Crippen MR) is 107 cm³/mol. The molecule has 0 saturated heterocycles. The standard InChI is InChI=1S/C21H20N2O3S/c1-14(16-10-5-8-15-7-3-4-9-17(15)16)23-19(24)13-26-21(25)18-11-6-12-22-20(18)27-2/h3-12,14H,13H2,1-2H3,(H,23,24)/t14-/m1/s1. The maximum absolute atomic E-state index is 12.2. The molecule has 6 heteroatoms. The summed E-state index contributed by atoms with van der Waals surface area (Å²) in [7, 11) is 0. The molecular weight excluding hydrogens is 360 g/mol. The normalized spacial score (nSPS) is 11.8. The molecule has 3 rings (SSSR count). The van der Waals surface area contributed by atoms with Gasteiger partial charge in [-0.3, -0.25) is 4.79 Å². The summed E-state index contributed by atoms with van der Waals surface area (Å²) in [6, 6.07) is 17.1. The number of nitrogens with one attached hydrogen (secondary N) is 1. The molecular formula is C21H20N2O3S. The summed E-state index contributed by atoms with van der Waals surface area (Å²) in [6.45, 7) is 1.57. The first-order valence-electron chi connectivity index (χ1n) is 8.53. The van der Waals surface area contributed by atoms with Crippen LogP contribution >= 0.6 is 11.8 Å². The number of ether oxygens (including phenoxy) is 1. The van der Waals surface area contributed by atoms with Crippen molar-refractivity contribution in [3.05, 3.63) is 71.9 Å². The number of carbonyl (C=O) groups excluding carboxylic acids is 2. The van der Waals surface area contributed by atoms with E-state index < -0.39 is 5.97 Å². The van der Waals surface area contributed by atoms with Crippen molar-refractivity contribution >= 4 is 34.4 Å². The Balaban J connectivity index is 1.63. The number of pyridine rings is 1. The maximum Gasteiger partial charge on any atom is 0.341 e. The Labute approximate surface area is 162 Å². The molecule has 0 aliphatic rings. The quantitative estimate of drug-likeness (QED) is 0.517. The van der Waals surface area contributed by atoms with Crippen molar-refractivity contribution in [2.75, 3.05) is 12.9 Å². The molecule has 1 heterocycles. The lowest BCUT2D eigenvalue weighted by Crippen LogP contribution is -2.31. The highest BCUT2D eigenvalue weighted by molar-refractivity contribution is 7.98. The fourth-order valence-corrected chi connectivity index (χ4v) is 3.44. The second-order valence-corrected chi connectivity index (χ2v) is 6.79. The predicted octanol–water partition coefficient (Wildman–Crippen LogP) is 3.99. The zero-order valence-electron chi connectivity index (χ0n) is 15.1. The lowest BCUT2D eigenvalue weighted by molar-refractivity contribution is -0.124. The van der Waals surface area contributed by atoms with Gasteiger partial charge in [-0.1, -0.05) is 42.5 Å².